The van der Waals surface area contributed by atoms with Crippen LogP contribution in [0.1, 0.15) is 121 Å². The number of rotatable bonds is 33. The van der Waals surface area contributed by atoms with Gasteiger partial charge in [-0.3, -0.25) is 29.1 Å². The van der Waals surface area contributed by atoms with E-state index in [9.17, 15) is 142 Å². The van der Waals surface area contributed by atoms with E-state index in [1.54, 1.807) is 0 Å². The Labute approximate surface area is 781 Å². The number of esters is 3. The lowest BCUT2D eigenvalue weighted by atomic mass is 10.0. The van der Waals surface area contributed by atoms with Crippen LogP contribution >= 0.6 is 0 Å². The third-order valence-corrected chi connectivity index (χ3v) is 22.0. The van der Waals surface area contributed by atoms with Crippen LogP contribution in [-0.2, 0) is 139 Å². The Bertz CT molecular complexity index is 4790. The number of hydrogen-bond donors (Lipinski definition) is 8. The fourth-order valence-electron chi connectivity index (χ4n) is 14.9. The summed E-state index contributed by atoms with van der Waals surface area (Å²) in [5, 5.41) is 69.9. The van der Waals surface area contributed by atoms with Crippen molar-refractivity contribution in [1.29, 1.82) is 0 Å². The number of carboxylic acid groups (broad SMARTS) is 4. The van der Waals surface area contributed by atoms with Gasteiger partial charge in [0.25, 0.3) is 0 Å². The maximum absolute atomic E-state index is 14.0. The first kappa shape index (κ1) is 113. The van der Waals surface area contributed by atoms with Crippen LogP contribution in [0.15, 0.2) is 36.4 Å². The summed E-state index contributed by atoms with van der Waals surface area (Å²) in [6, 6.07) is 1.12. The third-order valence-electron chi connectivity index (χ3n) is 22.0. The molecule has 3 fully saturated rings. The topological polar surface area (TPSA) is 552 Å². The van der Waals surface area contributed by atoms with Crippen LogP contribution in [-0.4, -0.2) is 324 Å². The second kappa shape index (κ2) is 51.6. The predicted octanol–water partition coefficient (Wildman–Crippen LogP) is -2.90. The molecule has 2 unspecified atom stereocenters. The molecule has 7 atom stereocenters. The average molecular weight is 2030 g/mol. The normalized spacial score (nSPS) is 16.9. The number of ether oxygens (including phenoxy) is 6. The number of aromatic nitrogens is 6. The van der Waals surface area contributed by atoms with Crippen molar-refractivity contribution in [1.82, 2.24) is 58.1 Å². The monoisotopic (exact) mass is 2030 g/mol. The highest BCUT2D eigenvalue weighted by atomic mass is 19.4. The summed E-state index contributed by atoms with van der Waals surface area (Å²) >= 11 is 0. The predicted molar refractivity (Wildman–Crippen MR) is 425 cm³/mol. The lowest BCUT2D eigenvalue weighted by Gasteiger charge is -2.30. The molecule has 14 N–H and O–H groups in total. The maximum atomic E-state index is 14.0. The minimum absolute atomic E-state index is 0.0176. The molecule has 3 saturated heterocycles. The number of imidazole rings is 3. The Kier molecular flexibility index (Phi) is 41.8. The summed E-state index contributed by atoms with van der Waals surface area (Å²) in [6.45, 7) is 7.89. The quantitative estimate of drug-likeness (QED) is 0.00674. The van der Waals surface area contributed by atoms with Gasteiger partial charge in [-0.05, 0) is 54.2 Å². The molecule has 6 aliphatic heterocycles. The van der Waals surface area contributed by atoms with Crippen LogP contribution in [0.3, 0.4) is 0 Å². The Morgan fingerprint density at radius 3 is 0.800 bits per heavy atom. The molecule has 0 spiro atoms. The number of carbonyl (C=O) groups excluding carboxylic acids is 9. The molecule has 0 saturated carbocycles. The van der Waals surface area contributed by atoms with Gasteiger partial charge < -0.3 is 129 Å². The summed E-state index contributed by atoms with van der Waals surface area (Å²) in [6.07, 6.45) is -23.9. The molecule has 6 aromatic rings. The zero-order chi connectivity index (χ0) is 104. The SMILES string of the molecule is O=C([O-])C(O)C(O)C(=O)[O-].O=C([O-])[C@H](O)[C@@H](O)C(=O)O.[NH3+][C@@H](CC(=O)N1CCn2c(C(F)(F)F)nc(C(=O)OCCCN3CCOCC3)c2C1)Cc1cc(F)c(F)cc1F.[NH3+][C@@H](CC(=O)N1CCn2c(C(F)(F)F)nc(C(=O)OCCCN3CCOCC3)c2C1)Cc1cc(F)c(F)cc1F.[NH3+][C@@H](CC(=O)N1CCn2c(C(F)(F)F)nc(C(=O)OCCCN3CCOCC3)c2C1)Cc1cc(F)c(F)cc1F. The fraction of sp³-hybridized carbons (Fsp3) is 0.554. The summed E-state index contributed by atoms with van der Waals surface area (Å²) < 4.78 is 279. The molecule has 12 rings (SSSR count). The van der Waals surface area contributed by atoms with Gasteiger partial charge in [0.1, 0.15) is 35.8 Å². The molecule has 57 heteroatoms. The molecule has 0 bridgehead atoms. The fourth-order valence-corrected chi connectivity index (χ4v) is 14.9. The Morgan fingerprint density at radius 1 is 0.357 bits per heavy atom. The highest BCUT2D eigenvalue weighted by Gasteiger charge is 2.46. The zero-order valence-corrected chi connectivity index (χ0v) is 74.2. The van der Waals surface area contributed by atoms with E-state index in [0.29, 0.717) is 115 Å². The van der Waals surface area contributed by atoms with Crippen LogP contribution in [0.25, 0.3) is 0 Å². The average Bonchev–Trinajstić information content (AvgIpc) is 1.62. The summed E-state index contributed by atoms with van der Waals surface area (Å²) in [5.74, 6) is -26.9. The van der Waals surface area contributed by atoms with Crippen molar-refractivity contribution in [2.75, 3.05) is 138 Å². The van der Waals surface area contributed by atoms with E-state index in [-0.39, 0.29) is 151 Å². The first-order chi connectivity index (χ1) is 65.7. The smallest absolute Gasteiger partial charge is 0.449 e. The number of quaternary nitrogens is 3. The Morgan fingerprint density at radius 2 is 0.586 bits per heavy atom. The van der Waals surface area contributed by atoms with Gasteiger partial charge in [-0.2, -0.15) is 39.5 Å². The minimum Gasteiger partial charge on any atom is -0.547 e. The summed E-state index contributed by atoms with van der Waals surface area (Å²) in [5.41, 5.74) is 9.06. The van der Waals surface area contributed by atoms with E-state index in [1.807, 2.05) is 0 Å². The van der Waals surface area contributed by atoms with E-state index in [1.165, 1.54) is 14.7 Å². The van der Waals surface area contributed by atoms with E-state index >= 15 is 0 Å². The van der Waals surface area contributed by atoms with Crippen molar-refractivity contribution in [3.05, 3.63) is 157 Å². The molecular formula is C83H99F18N15O24. The minimum atomic E-state index is -4.83. The van der Waals surface area contributed by atoms with Gasteiger partial charge in [0.05, 0.1) is 151 Å². The second-order valence-electron chi connectivity index (χ2n) is 32.4. The maximum Gasteiger partial charge on any atom is 0.449 e. The number of aliphatic hydroxyl groups excluding tert-OH is 4. The Hall–Kier alpha value is -11.8. The highest BCUT2D eigenvalue weighted by molar-refractivity contribution is 5.91. The highest BCUT2D eigenvalue weighted by Crippen LogP contribution is 2.37. The number of aliphatic carboxylic acids is 4. The molecule has 140 heavy (non-hydrogen) atoms. The van der Waals surface area contributed by atoms with Crippen molar-refractivity contribution in [2.45, 2.75) is 158 Å². The van der Waals surface area contributed by atoms with Gasteiger partial charge in [0, 0.05) is 136 Å². The molecule has 9 heterocycles. The van der Waals surface area contributed by atoms with Crippen LogP contribution in [0, 0.1) is 52.4 Å². The number of halogens is 18. The number of alkyl halides is 9. The largest absolute Gasteiger partial charge is 0.547 e. The van der Waals surface area contributed by atoms with Gasteiger partial charge in [-0.25, -0.2) is 73.6 Å². The molecule has 3 aromatic heterocycles. The number of aliphatic hydroxyl groups is 4. The number of morpholine rings is 3. The van der Waals surface area contributed by atoms with E-state index < -0.39 is 207 Å². The standard InChI is InChI=1S/3C25H29F6N5O4.2C4H6O6/c3*26-17-13-19(28)18(27)11-15(17)10-16(32)12-21(37)35-3-4-36-20(14-35)22(33-24(36)25(29,30)31)23(38)40-7-1-2-34-5-8-39-9-6-34;2*5-1(3(7)8)2(6)4(9)10/h3*11,13,16H,1-10,12,14,32H2;2*1-2,5-6H,(H,7,8)(H,9,10)/t3*16-;1-,2-;/m1111./s1. The van der Waals surface area contributed by atoms with Crippen molar-refractivity contribution < 1.29 is 213 Å². The van der Waals surface area contributed by atoms with Crippen LogP contribution in [0.4, 0.5) is 79.0 Å². The van der Waals surface area contributed by atoms with Crippen molar-refractivity contribution >= 4 is 59.5 Å². The Balaban J connectivity index is 0.000000233. The van der Waals surface area contributed by atoms with Crippen molar-refractivity contribution in [2.24, 2.45) is 0 Å². The number of amides is 3. The van der Waals surface area contributed by atoms with Crippen LogP contribution < -0.4 is 32.5 Å². The second-order valence-corrected chi connectivity index (χ2v) is 32.4. The van der Waals surface area contributed by atoms with Gasteiger partial charge in [-0.1, -0.05) is 0 Å². The van der Waals surface area contributed by atoms with Gasteiger partial charge >= 0.3 is 42.4 Å². The zero-order valence-electron chi connectivity index (χ0n) is 74.2. The first-order valence-corrected chi connectivity index (χ1v) is 43.0. The van der Waals surface area contributed by atoms with Crippen LogP contribution in [0.5, 0.6) is 0 Å². The van der Waals surface area contributed by atoms with Crippen molar-refractivity contribution in [3.8, 4) is 0 Å². The number of fused-ring (bicyclic) bond motifs is 3. The van der Waals surface area contributed by atoms with E-state index in [4.69, 9.17) is 54.0 Å². The molecule has 6 aliphatic rings. The summed E-state index contributed by atoms with van der Waals surface area (Å²) in [4.78, 5) is 136. The van der Waals surface area contributed by atoms with E-state index in [0.717, 1.165) is 53.0 Å². The first-order valence-electron chi connectivity index (χ1n) is 43.0. The number of benzene rings is 3. The number of nitrogens with zero attached hydrogens (tertiary/aromatic N) is 12. The molecule has 0 aliphatic carbocycles. The molecule has 3 aromatic carbocycles. The number of hydrogen-bond acceptors (Lipinski definition) is 29. The third kappa shape index (κ3) is 32.6. The molecule has 3 amide bonds. The lowest BCUT2D eigenvalue weighted by molar-refractivity contribution is -0.419. The molecular weight excluding hydrogens is 1930 g/mol. The summed E-state index contributed by atoms with van der Waals surface area (Å²) in [7, 11) is 0. The number of carbonyl (C=O) groups is 10. The molecule has 776 valence electrons. The van der Waals surface area contributed by atoms with Crippen molar-refractivity contribution in [3.63, 3.8) is 0 Å². The van der Waals surface area contributed by atoms with E-state index in [2.05, 4.69) is 46.9 Å². The van der Waals surface area contributed by atoms with Gasteiger partial charge in [0.2, 0.25) is 35.2 Å². The number of carboxylic acids is 4. The molecule has 39 nitrogen and oxygen atoms in total. The molecule has 0 radical (unpaired) electrons. The van der Waals surface area contributed by atoms with Gasteiger partial charge in [0.15, 0.2) is 58.1 Å². The van der Waals surface area contributed by atoms with Crippen LogP contribution in [0.2, 0.25) is 0 Å². The van der Waals surface area contributed by atoms with Gasteiger partial charge in [-0.15, -0.1) is 0 Å². The lowest BCUT2D eigenvalue weighted by Crippen LogP contribution is -2.63.